The maximum Gasteiger partial charge on any atom is 0.204 e. The fourth-order valence-corrected chi connectivity index (χ4v) is 3.05. The van der Waals surface area contributed by atoms with Gasteiger partial charge >= 0.3 is 0 Å². The molecule has 0 atom stereocenters. The number of carbonyl (C=O) groups excluding carboxylic acids is 1. The number of Topliss-reactive ketones (excluding diaryl/α,β-unsaturated/α-hetero) is 1. The van der Waals surface area contributed by atoms with Gasteiger partial charge in [-0.3, -0.25) is 4.79 Å². The molecule has 0 fully saturated rings. The van der Waals surface area contributed by atoms with Gasteiger partial charge in [0.25, 0.3) is 0 Å². The lowest BCUT2D eigenvalue weighted by Gasteiger charge is -2.21. The smallest absolute Gasteiger partial charge is 0.204 e. The first kappa shape index (κ1) is 19.8. The van der Waals surface area contributed by atoms with Crippen molar-refractivity contribution >= 4 is 5.78 Å². The summed E-state index contributed by atoms with van der Waals surface area (Å²) in [6, 6.07) is 6.70. The molecule has 0 saturated carbocycles. The first-order chi connectivity index (χ1) is 12.4. The number of ether oxygens (including phenoxy) is 3. The molecule has 4 nitrogen and oxygen atoms in total. The molecule has 5 heteroatoms. The van der Waals surface area contributed by atoms with Gasteiger partial charge < -0.3 is 14.2 Å². The van der Waals surface area contributed by atoms with Crippen molar-refractivity contribution in [3.8, 4) is 17.2 Å². The molecular formula is C21H25FO4. The van der Waals surface area contributed by atoms with Crippen molar-refractivity contribution in [2.45, 2.75) is 33.6 Å². The first-order valence-corrected chi connectivity index (χ1v) is 8.54. The van der Waals surface area contributed by atoms with Crippen molar-refractivity contribution in [3.63, 3.8) is 0 Å². The lowest BCUT2D eigenvalue weighted by Crippen LogP contribution is -2.09. The van der Waals surface area contributed by atoms with Crippen LogP contribution in [0.1, 0.15) is 40.4 Å². The number of methoxy groups -OCH3 is 2. The van der Waals surface area contributed by atoms with Crippen LogP contribution in [0.3, 0.4) is 0 Å². The Kier molecular flexibility index (Phi) is 6.61. The molecule has 2 aromatic rings. The summed E-state index contributed by atoms with van der Waals surface area (Å²) >= 11 is 0. The third-order valence-corrected chi connectivity index (χ3v) is 4.47. The van der Waals surface area contributed by atoms with Crippen LogP contribution in [0.5, 0.6) is 17.2 Å². The van der Waals surface area contributed by atoms with Crippen LogP contribution >= 0.6 is 0 Å². The van der Waals surface area contributed by atoms with Crippen LogP contribution in [0.4, 0.5) is 4.39 Å². The normalized spacial score (nSPS) is 10.5. The van der Waals surface area contributed by atoms with E-state index in [4.69, 9.17) is 14.2 Å². The van der Waals surface area contributed by atoms with Crippen LogP contribution in [-0.2, 0) is 6.42 Å². The van der Waals surface area contributed by atoms with Crippen molar-refractivity contribution in [2.24, 2.45) is 0 Å². The molecule has 140 valence electrons. The van der Waals surface area contributed by atoms with Gasteiger partial charge in [0.2, 0.25) is 5.75 Å². The summed E-state index contributed by atoms with van der Waals surface area (Å²) in [6.45, 7) is 5.59. The van der Waals surface area contributed by atoms with E-state index in [9.17, 15) is 9.18 Å². The van der Waals surface area contributed by atoms with E-state index in [1.807, 2.05) is 19.9 Å². The van der Waals surface area contributed by atoms with Gasteiger partial charge in [-0.2, -0.15) is 0 Å². The Morgan fingerprint density at radius 3 is 2.23 bits per heavy atom. The predicted octanol–water partition coefficient (Wildman–Crippen LogP) is 4.67. The molecule has 0 aliphatic carbocycles. The van der Waals surface area contributed by atoms with Gasteiger partial charge in [0.1, 0.15) is 5.82 Å². The van der Waals surface area contributed by atoms with E-state index >= 15 is 0 Å². The largest absolute Gasteiger partial charge is 0.492 e. The zero-order chi connectivity index (χ0) is 19.3. The van der Waals surface area contributed by atoms with E-state index in [1.54, 1.807) is 19.2 Å². The van der Waals surface area contributed by atoms with Crippen LogP contribution in [0, 0.1) is 19.7 Å². The molecule has 0 aliphatic rings. The number of rotatable bonds is 8. The summed E-state index contributed by atoms with van der Waals surface area (Å²) < 4.78 is 30.6. The van der Waals surface area contributed by atoms with Crippen LogP contribution in [-0.4, -0.2) is 26.6 Å². The minimum absolute atomic E-state index is 0.0960. The molecule has 0 saturated heterocycles. The number of hydrogen-bond donors (Lipinski definition) is 0. The Morgan fingerprint density at radius 1 is 1.00 bits per heavy atom. The quantitative estimate of drug-likeness (QED) is 0.507. The summed E-state index contributed by atoms with van der Waals surface area (Å²) in [6.07, 6.45) is 1.18. The van der Waals surface area contributed by atoms with Gasteiger partial charge in [-0.05, 0) is 56.4 Å². The maximum absolute atomic E-state index is 13.7. The Labute approximate surface area is 153 Å². The SMILES string of the molecule is COc1c(C)c(C)c(C(C)=O)c(OC)c1OCCCc1ccccc1F. The zero-order valence-corrected chi connectivity index (χ0v) is 15.9. The van der Waals surface area contributed by atoms with Crippen molar-refractivity contribution in [2.75, 3.05) is 20.8 Å². The molecule has 0 amide bonds. The Balaban J connectivity index is 2.25. The second-order valence-corrected chi connectivity index (χ2v) is 6.12. The van der Waals surface area contributed by atoms with E-state index in [-0.39, 0.29) is 11.6 Å². The lowest BCUT2D eigenvalue weighted by atomic mass is 9.97. The van der Waals surface area contributed by atoms with E-state index in [1.165, 1.54) is 20.1 Å². The van der Waals surface area contributed by atoms with Gasteiger partial charge in [-0.15, -0.1) is 0 Å². The minimum Gasteiger partial charge on any atom is -0.492 e. The molecular weight excluding hydrogens is 335 g/mol. The number of hydrogen-bond acceptors (Lipinski definition) is 4. The highest BCUT2D eigenvalue weighted by Gasteiger charge is 2.25. The molecule has 0 N–H and O–H groups in total. The van der Waals surface area contributed by atoms with E-state index < -0.39 is 0 Å². The highest BCUT2D eigenvalue weighted by Crippen LogP contribution is 2.45. The number of aryl methyl sites for hydroxylation is 1. The van der Waals surface area contributed by atoms with Crippen molar-refractivity contribution in [1.82, 2.24) is 0 Å². The number of benzene rings is 2. The second kappa shape index (κ2) is 8.70. The lowest BCUT2D eigenvalue weighted by molar-refractivity contribution is 0.101. The van der Waals surface area contributed by atoms with Crippen molar-refractivity contribution in [1.29, 1.82) is 0 Å². The van der Waals surface area contributed by atoms with Gasteiger partial charge in [0.15, 0.2) is 17.3 Å². The standard InChI is InChI=1S/C21H25FO4/c1-13-14(2)19(24-4)21(20(25-5)18(13)15(3)23)26-12-8-10-16-9-6-7-11-17(16)22/h6-7,9,11H,8,10,12H2,1-5H3. The Hall–Kier alpha value is -2.56. The van der Waals surface area contributed by atoms with Crippen LogP contribution in [0.2, 0.25) is 0 Å². The number of ketones is 1. The van der Waals surface area contributed by atoms with Crippen LogP contribution < -0.4 is 14.2 Å². The topological polar surface area (TPSA) is 44.8 Å². The molecule has 0 bridgehead atoms. The van der Waals surface area contributed by atoms with Crippen molar-refractivity contribution in [3.05, 3.63) is 52.3 Å². The summed E-state index contributed by atoms with van der Waals surface area (Å²) in [5.41, 5.74) is 2.79. The predicted molar refractivity (Wildman–Crippen MR) is 99.2 cm³/mol. The third kappa shape index (κ3) is 3.98. The monoisotopic (exact) mass is 360 g/mol. The fourth-order valence-electron chi connectivity index (χ4n) is 3.05. The Bertz CT molecular complexity index is 799. The molecule has 0 aromatic heterocycles. The second-order valence-electron chi connectivity index (χ2n) is 6.12. The molecule has 26 heavy (non-hydrogen) atoms. The first-order valence-electron chi connectivity index (χ1n) is 8.54. The van der Waals surface area contributed by atoms with Gasteiger partial charge in [-0.25, -0.2) is 4.39 Å². The van der Waals surface area contributed by atoms with Gasteiger partial charge in [0.05, 0.1) is 26.4 Å². The van der Waals surface area contributed by atoms with Crippen LogP contribution in [0.15, 0.2) is 24.3 Å². The molecule has 2 rings (SSSR count). The van der Waals surface area contributed by atoms with Crippen LogP contribution in [0.25, 0.3) is 0 Å². The Morgan fingerprint density at radius 2 is 1.65 bits per heavy atom. The fraction of sp³-hybridized carbons (Fsp3) is 0.381. The molecule has 0 radical (unpaired) electrons. The third-order valence-electron chi connectivity index (χ3n) is 4.47. The molecule has 0 heterocycles. The highest BCUT2D eigenvalue weighted by molar-refractivity contribution is 6.00. The number of carbonyl (C=O) groups is 1. The molecule has 2 aromatic carbocycles. The van der Waals surface area contributed by atoms with Gasteiger partial charge in [0, 0.05) is 0 Å². The van der Waals surface area contributed by atoms with Gasteiger partial charge in [-0.1, -0.05) is 18.2 Å². The van der Waals surface area contributed by atoms with Crippen molar-refractivity contribution < 1.29 is 23.4 Å². The average molecular weight is 360 g/mol. The summed E-state index contributed by atoms with van der Waals surface area (Å²) in [7, 11) is 3.06. The highest BCUT2D eigenvalue weighted by atomic mass is 19.1. The minimum atomic E-state index is -0.215. The van der Waals surface area contributed by atoms with E-state index in [0.29, 0.717) is 47.8 Å². The zero-order valence-electron chi connectivity index (χ0n) is 15.9. The summed E-state index contributed by atoms with van der Waals surface area (Å²) in [5, 5.41) is 0. The molecule has 0 aliphatic heterocycles. The summed E-state index contributed by atoms with van der Waals surface area (Å²) in [5.74, 6) is 1.03. The maximum atomic E-state index is 13.7. The van der Waals surface area contributed by atoms with E-state index in [2.05, 4.69) is 0 Å². The average Bonchev–Trinajstić information content (AvgIpc) is 2.62. The number of halogens is 1. The molecule has 0 unspecified atom stereocenters. The summed E-state index contributed by atoms with van der Waals surface area (Å²) in [4.78, 5) is 12.1. The molecule has 0 spiro atoms. The van der Waals surface area contributed by atoms with E-state index in [0.717, 1.165) is 11.1 Å².